The Morgan fingerprint density at radius 3 is 2.89 bits per heavy atom. The van der Waals surface area contributed by atoms with E-state index in [9.17, 15) is 4.79 Å². The predicted octanol–water partition coefficient (Wildman–Crippen LogP) is 4.19. The van der Waals surface area contributed by atoms with Gasteiger partial charge in [0.2, 0.25) is 0 Å². The van der Waals surface area contributed by atoms with Crippen molar-refractivity contribution in [1.29, 1.82) is 0 Å². The Kier molecular flexibility index (Phi) is 5.74. The summed E-state index contributed by atoms with van der Waals surface area (Å²) in [5.74, 6) is 1.10. The minimum absolute atomic E-state index is 0.162. The molecule has 1 heterocycles. The molecular formula is C22H19N3O2. The molecule has 134 valence electrons. The zero-order valence-electron chi connectivity index (χ0n) is 14.8. The van der Waals surface area contributed by atoms with Gasteiger partial charge in [-0.05, 0) is 48.0 Å². The molecule has 1 amide bonds. The molecule has 0 radical (unpaired) electrons. The van der Waals surface area contributed by atoms with Crippen LogP contribution in [0.4, 0.5) is 0 Å². The third-order valence-corrected chi connectivity index (χ3v) is 3.84. The molecule has 0 saturated heterocycles. The van der Waals surface area contributed by atoms with Crippen molar-refractivity contribution in [1.82, 2.24) is 15.3 Å². The summed E-state index contributed by atoms with van der Waals surface area (Å²) in [6.45, 7) is 7.73. The van der Waals surface area contributed by atoms with E-state index in [0.717, 1.165) is 16.5 Å². The lowest BCUT2D eigenvalue weighted by molar-refractivity contribution is 0.0951. The molecule has 0 atom stereocenters. The molecule has 1 aromatic heterocycles. The number of carbonyl (C=O) groups is 1. The van der Waals surface area contributed by atoms with Gasteiger partial charge < -0.3 is 10.1 Å². The monoisotopic (exact) mass is 357 g/mol. The second kappa shape index (κ2) is 8.58. The maximum atomic E-state index is 12.4. The molecule has 3 rings (SSSR count). The highest BCUT2D eigenvalue weighted by Gasteiger charge is 2.07. The van der Waals surface area contributed by atoms with Gasteiger partial charge in [0, 0.05) is 23.7 Å². The van der Waals surface area contributed by atoms with Crippen molar-refractivity contribution in [2.45, 2.75) is 6.54 Å². The van der Waals surface area contributed by atoms with Crippen LogP contribution in [0.1, 0.15) is 15.9 Å². The molecule has 0 aliphatic rings. The van der Waals surface area contributed by atoms with Crippen LogP contribution >= 0.6 is 0 Å². The molecule has 5 heteroatoms. The average Bonchev–Trinajstić information content (AvgIpc) is 2.71. The Balaban J connectivity index is 1.67. The Bertz CT molecular complexity index is 1020. The highest BCUT2D eigenvalue weighted by Crippen LogP contribution is 2.17. The topological polar surface area (TPSA) is 64.1 Å². The number of aromatic nitrogens is 2. The van der Waals surface area contributed by atoms with Crippen molar-refractivity contribution in [3.8, 4) is 5.75 Å². The number of hydrogen-bond donors (Lipinski definition) is 1. The maximum absolute atomic E-state index is 12.4. The summed E-state index contributed by atoms with van der Waals surface area (Å²) in [4.78, 5) is 20.6. The van der Waals surface area contributed by atoms with Gasteiger partial charge in [-0.3, -0.25) is 4.79 Å². The zero-order chi connectivity index (χ0) is 19.1. The molecule has 0 unspecified atom stereocenters. The Hall–Kier alpha value is -3.73. The number of ether oxygens (including phenoxy) is 1. The second-order valence-corrected chi connectivity index (χ2v) is 5.74. The average molecular weight is 357 g/mol. The lowest BCUT2D eigenvalue weighted by atomic mass is 10.1. The molecule has 0 bridgehead atoms. The number of nitrogens with zero attached hydrogens (tertiary/aromatic N) is 2. The van der Waals surface area contributed by atoms with Crippen LogP contribution in [0.15, 0.2) is 92.1 Å². The van der Waals surface area contributed by atoms with Crippen LogP contribution < -0.4 is 10.1 Å². The van der Waals surface area contributed by atoms with Crippen LogP contribution in [-0.2, 0) is 6.54 Å². The van der Waals surface area contributed by atoms with Crippen LogP contribution in [0.2, 0.25) is 0 Å². The van der Waals surface area contributed by atoms with Crippen LogP contribution in [-0.4, -0.2) is 15.9 Å². The Morgan fingerprint density at radius 2 is 2.07 bits per heavy atom. The molecule has 27 heavy (non-hydrogen) atoms. The summed E-state index contributed by atoms with van der Waals surface area (Å²) in [5.41, 5.74) is 2.29. The molecular weight excluding hydrogens is 338 g/mol. The fourth-order valence-electron chi connectivity index (χ4n) is 2.53. The van der Waals surface area contributed by atoms with Crippen molar-refractivity contribution >= 4 is 16.8 Å². The first kappa shape index (κ1) is 18.1. The van der Waals surface area contributed by atoms with Gasteiger partial charge in [-0.15, -0.1) is 0 Å². The summed E-state index contributed by atoms with van der Waals surface area (Å²) in [5, 5.41) is 3.74. The van der Waals surface area contributed by atoms with E-state index in [0.29, 0.717) is 23.6 Å². The maximum Gasteiger partial charge on any atom is 0.251 e. The fraction of sp³-hybridized carbons (Fsp3) is 0.0455. The molecule has 5 nitrogen and oxygen atoms in total. The first-order chi connectivity index (χ1) is 13.2. The largest absolute Gasteiger partial charge is 0.457 e. The first-order valence-corrected chi connectivity index (χ1v) is 8.39. The molecule has 2 aromatic carbocycles. The summed E-state index contributed by atoms with van der Waals surface area (Å²) in [6.07, 6.45) is 8.15. The summed E-state index contributed by atoms with van der Waals surface area (Å²) < 4.78 is 5.73. The molecule has 0 aliphatic carbocycles. The standard InChI is InChI=1S/C22H19N3O2/c1-3-6-19(4-2)27-20-8-5-7-16(11-20)13-24-22(26)17-9-10-21-18(12-17)14-23-15-25-21/h3-12,14-15H,1-2,13H2,(H,24,26)/b19-6+. The van der Waals surface area contributed by atoms with Crippen molar-refractivity contribution in [3.05, 3.63) is 103 Å². The summed E-state index contributed by atoms with van der Waals surface area (Å²) >= 11 is 0. The number of carbonyl (C=O) groups excluding carboxylic acids is 1. The van der Waals surface area contributed by atoms with E-state index < -0.39 is 0 Å². The van der Waals surface area contributed by atoms with Gasteiger partial charge in [0.05, 0.1) is 5.52 Å². The summed E-state index contributed by atoms with van der Waals surface area (Å²) in [6, 6.07) is 12.8. The fourth-order valence-corrected chi connectivity index (χ4v) is 2.53. The van der Waals surface area contributed by atoms with Crippen molar-refractivity contribution in [2.75, 3.05) is 0 Å². The number of allylic oxidation sites excluding steroid dienone is 3. The van der Waals surface area contributed by atoms with Gasteiger partial charge in [-0.1, -0.05) is 31.4 Å². The Morgan fingerprint density at radius 1 is 1.19 bits per heavy atom. The normalized spacial score (nSPS) is 11.0. The van der Waals surface area contributed by atoms with Crippen LogP contribution in [0, 0.1) is 0 Å². The van der Waals surface area contributed by atoms with Gasteiger partial charge in [0.1, 0.15) is 17.8 Å². The van der Waals surface area contributed by atoms with Gasteiger partial charge in [0.25, 0.3) is 5.91 Å². The number of amides is 1. The molecule has 0 saturated carbocycles. The molecule has 3 aromatic rings. The number of fused-ring (bicyclic) bond motifs is 1. The third-order valence-electron chi connectivity index (χ3n) is 3.84. The van der Waals surface area contributed by atoms with Gasteiger partial charge in [-0.2, -0.15) is 0 Å². The number of hydrogen-bond acceptors (Lipinski definition) is 4. The van der Waals surface area contributed by atoms with Crippen LogP contribution in [0.25, 0.3) is 10.9 Å². The quantitative estimate of drug-likeness (QED) is 0.508. The van der Waals surface area contributed by atoms with Crippen LogP contribution in [0.3, 0.4) is 0 Å². The molecule has 1 N–H and O–H groups in total. The lowest BCUT2D eigenvalue weighted by Crippen LogP contribution is -2.22. The molecule has 0 aliphatic heterocycles. The first-order valence-electron chi connectivity index (χ1n) is 8.39. The lowest BCUT2D eigenvalue weighted by Gasteiger charge is -2.09. The van der Waals surface area contributed by atoms with E-state index in [1.54, 1.807) is 36.6 Å². The zero-order valence-corrected chi connectivity index (χ0v) is 14.8. The van der Waals surface area contributed by atoms with E-state index in [2.05, 4.69) is 28.4 Å². The minimum Gasteiger partial charge on any atom is -0.457 e. The predicted molar refractivity (Wildman–Crippen MR) is 106 cm³/mol. The third kappa shape index (κ3) is 4.67. The number of rotatable bonds is 7. The number of benzene rings is 2. The van der Waals surface area contributed by atoms with Crippen molar-refractivity contribution < 1.29 is 9.53 Å². The van der Waals surface area contributed by atoms with Gasteiger partial charge in [-0.25, -0.2) is 9.97 Å². The summed E-state index contributed by atoms with van der Waals surface area (Å²) in [7, 11) is 0. The van der Waals surface area contributed by atoms with Gasteiger partial charge in [0.15, 0.2) is 0 Å². The SMILES string of the molecule is C=C/C=C(\C=C)Oc1cccc(CNC(=O)c2ccc3ncncc3c2)c1. The molecule has 0 spiro atoms. The Labute approximate surface area is 157 Å². The smallest absolute Gasteiger partial charge is 0.251 e. The number of nitrogens with one attached hydrogen (secondary N) is 1. The van der Waals surface area contributed by atoms with Crippen LogP contribution in [0.5, 0.6) is 5.75 Å². The van der Waals surface area contributed by atoms with Crippen molar-refractivity contribution in [3.63, 3.8) is 0 Å². The highest BCUT2D eigenvalue weighted by atomic mass is 16.5. The molecule has 0 fully saturated rings. The van der Waals surface area contributed by atoms with E-state index in [4.69, 9.17) is 4.74 Å². The van der Waals surface area contributed by atoms with Gasteiger partial charge >= 0.3 is 0 Å². The van der Waals surface area contributed by atoms with E-state index in [1.807, 2.05) is 30.3 Å². The van der Waals surface area contributed by atoms with E-state index >= 15 is 0 Å². The highest BCUT2D eigenvalue weighted by molar-refractivity contribution is 5.97. The second-order valence-electron chi connectivity index (χ2n) is 5.74. The van der Waals surface area contributed by atoms with E-state index in [1.165, 1.54) is 6.33 Å². The van der Waals surface area contributed by atoms with Crippen molar-refractivity contribution in [2.24, 2.45) is 0 Å². The minimum atomic E-state index is -0.162. The van der Waals surface area contributed by atoms with E-state index in [-0.39, 0.29) is 5.91 Å².